The molecule has 2 amide bonds. The molecule has 1 heterocycles. The van der Waals surface area contributed by atoms with Gasteiger partial charge in [-0.05, 0) is 18.2 Å². The zero-order valence-corrected chi connectivity index (χ0v) is 10.5. The van der Waals surface area contributed by atoms with E-state index in [1.54, 1.807) is 43.3 Å². The van der Waals surface area contributed by atoms with Crippen LogP contribution in [0.25, 0.3) is 0 Å². The average molecular weight is 248 g/mol. The molecule has 1 aromatic rings. The molecule has 0 aliphatic carbocycles. The Hall–Kier alpha value is -1.88. The number of nitrogens with zero attached hydrogens (tertiary/aromatic N) is 2. The lowest BCUT2D eigenvalue weighted by molar-refractivity contribution is 0.00589. The summed E-state index contributed by atoms with van der Waals surface area (Å²) in [5, 5.41) is 9.18. The van der Waals surface area contributed by atoms with Crippen molar-refractivity contribution in [3.05, 3.63) is 35.4 Å². The van der Waals surface area contributed by atoms with E-state index in [1.807, 2.05) is 0 Å². The van der Waals surface area contributed by atoms with E-state index < -0.39 is 6.10 Å². The maximum Gasteiger partial charge on any atom is 0.254 e. The van der Waals surface area contributed by atoms with Crippen LogP contribution in [0, 0.1) is 0 Å². The number of hydrogen-bond acceptors (Lipinski definition) is 3. The molecule has 5 heteroatoms. The summed E-state index contributed by atoms with van der Waals surface area (Å²) in [7, 11) is 3.34. The van der Waals surface area contributed by atoms with Gasteiger partial charge in [0.15, 0.2) is 0 Å². The van der Waals surface area contributed by atoms with Crippen LogP contribution < -0.4 is 0 Å². The minimum absolute atomic E-state index is 0.131. The highest BCUT2D eigenvalue weighted by Crippen LogP contribution is 2.15. The molecule has 18 heavy (non-hydrogen) atoms. The Labute approximate surface area is 106 Å². The van der Waals surface area contributed by atoms with Crippen molar-refractivity contribution in [2.45, 2.75) is 6.10 Å². The number of likely N-dealkylation sites (tertiary alicyclic amines) is 1. The molecule has 0 saturated carbocycles. The van der Waals surface area contributed by atoms with Crippen LogP contribution in [0.4, 0.5) is 0 Å². The quantitative estimate of drug-likeness (QED) is 0.813. The van der Waals surface area contributed by atoms with Gasteiger partial charge in [0.25, 0.3) is 11.8 Å². The SMILES string of the molecule is CN(C)C(=O)c1cccc(C(=O)N2CC(O)C2)c1. The molecular formula is C13H16N2O3. The molecule has 1 N–H and O–H groups in total. The van der Waals surface area contributed by atoms with Gasteiger partial charge in [-0.3, -0.25) is 9.59 Å². The highest BCUT2D eigenvalue weighted by molar-refractivity contribution is 5.99. The van der Waals surface area contributed by atoms with E-state index in [9.17, 15) is 14.7 Å². The van der Waals surface area contributed by atoms with Crippen LogP contribution in [0.5, 0.6) is 0 Å². The Kier molecular flexibility index (Phi) is 3.34. The Balaban J connectivity index is 2.17. The van der Waals surface area contributed by atoms with Gasteiger partial charge in [0.1, 0.15) is 0 Å². The van der Waals surface area contributed by atoms with E-state index in [0.29, 0.717) is 24.2 Å². The Morgan fingerprint density at radius 2 is 1.89 bits per heavy atom. The van der Waals surface area contributed by atoms with E-state index in [2.05, 4.69) is 0 Å². The predicted octanol–water partition coefficient (Wildman–Crippen LogP) is 0.205. The maximum absolute atomic E-state index is 12.0. The van der Waals surface area contributed by atoms with Crippen molar-refractivity contribution >= 4 is 11.8 Å². The van der Waals surface area contributed by atoms with Gasteiger partial charge in [-0.15, -0.1) is 0 Å². The summed E-state index contributed by atoms with van der Waals surface area (Å²) in [6.45, 7) is 0.732. The second kappa shape index (κ2) is 4.78. The zero-order valence-electron chi connectivity index (χ0n) is 10.5. The molecule has 1 aromatic carbocycles. The van der Waals surface area contributed by atoms with Crippen molar-refractivity contribution in [2.75, 3.05) is 27.2 Å². The molecule has 0 atom stereocenters. The summed E-state index contributed by atoms with van der Waals surface area (Å²) in [6.07, 6.45) is -0.416. The van der Waals surface area contributed by atoms with Gasteiger partial charge in [-0.1, -0.05) is 6.07 Å². The molecule has 1 saturated heterocycles. The van der Waals surface area contributed by atoms with Crippen molar-refractivity contribution in [2.24, 2.45) is 0 Å². The van der Waals surface area contributed by atoms with Gasteiger partial charge in [0.05, 0.1) is 6.10 Å². The van der Waals surface area contributed by atoms with Gasteiger partial charge in [-0.2, -0.15) is 0 Å². The van der Waals surface area contributed by atoms with Crippen LogP contribution >= 0.6 is 0 Å². The largest absolute Gasteiger partial charge is 0.389 e. The fraction of sp³-hybridized carbons (Fsp3) is 0.385. The topological polar surface area (TPSA) is 60.9 Å². The van der Waals surface area contributed by atoms with Crippen molar-refractivity contribution in [3.63, 3.8) is 0 Å². The second-order valence-corrected chi connectivity index (χ2v) is 4.64. The summed E-state index contributed by atoms with van der Waals surface area (Å²) in [5.41, 5.74) is 0.974. The highest BCUT2D eigenvalue weighted by Gasteiger charge is 2.29. The summed E-state index contributed by atoms with van der Waals surface area (Å²) >= 11 is 0. The normalized spacial score (nSPS) is 15.2. The minimum Gasteiger partial charge on any atom is -0.389 e. The average Bonchev–Trinajstić information content (AvgIpc) is 2.33. The summed E-state index contributed by atoms with van der Waals surface area (Å²) < 4.78 is 0. The van der Waals surface area contributed by atoms with Crippen LogP contribution in [-0.2, 0) is 0 Å². The van der Waals surface area contributed by atoms with Gasteiger partial charge in [0, 0.05) is 38.3 Å². The molecule has 0 bridgehead atoms. The van der Waals surface area contributed by atoms with E-state index in [1.165, 1.54) is 4.90 Å². The number of amides is 2. The first-order valence-electron chi connectivity index (χ1n) is 5.78. The lowest BCUT2D eigenvalue weighted by atomic mass is 10.1. The predicted molar refractivity (Wildman–Crippen MR) is 66.4 cm³/mol. The maximum atomic E-state index is 12.0. The smallest absolute Gasteiger partial charge is 0.254 e. The summed E-state index contributed by atoms with van der Waals surface area (Å²) in [5.74, 6) is -0.276. The Morgan fingerprint density at radius 1 is 1.28 bits per heavy atom. The standard InChI is InChI=1S/C13H16N2O3/c1-14(2)12(17)9-4-3-5-10(6-9)13(18)15-7-11(16)8-15/h3-6,11,16H,7-8H2,1-2H3. The third-order valence-electron chi connectivity index (χ3n) is 2.91. The molecule has 1 aliphatic rings. The highest BCUT2D eigenvalue weighted by atomic mass is 16.3. The number of hydrogen-bond donors (Lipinski definition) is 1. The van der Waals surface area contributed by atoms with Gasteiger partial charge in [0.2, 0.25) is 0 Å². The van der Waals surface area contributed by atoms with Crippen molar-refractivity contribution in [1.82, 2.24) is 9.80 Å². The fourth-order valence-corrected chi connectivity index (χ4v) is 1.85. The molecule has 1 aliphatic heterocycles. The van der Waals surface area contributed by atoms with Gasteiger partial charge in [-0.25, -0.2) is 0 Å². The van der Waals surface area contributed by atoms with Crippen molar-refractivity contribution in [3.8, 4) is 0 Å². The molecule has 0 radical (unpaired) electrons. The first-order valence-corrected chi connectivity index (χ1v) is 5.78. The molecule has 1 fully saturated rings. The van der Waals surface area contributed by atoms with Crippen LogP contribution in [0.1, 0.15) is 20.7 Å². The van der Waals surface area contributed by atoms with Crippen LogP contribution in [0.15, 0.2) is 24.3 Å². The zero-order chi connectivity index (χ0) is 13.3. The third kappa shape index (κ3) is 2.36. The Morgan fingerprint density at radius 3 is 2.44 bits per heavy atom. The number of aliphatic hydroxyl groups excluding tert-OH is 1. The number of carbonyl (C=O) groups is 2. The number of benzene rings is 1. The van der Waals surface area contributed by atoms with E-state index in [0.717, 1.165) is 0 Å². The second-order valence-electron chi connectivity index (χ2n) is 4.64. The monoisotopic (exact) mass is 248 g/mol. The van der Waals surface area contributed by atoms with E-state index >= 15 is 0 Å². The van der Waals surface area contributed by atoms with Crippen LogP contribution in [-0.4, -0.2) is 60.0 Å². The molecule has 96 valence electrons. The lowest BCUT2D eigenvalue weighted by Crippen LogP contribution is -2.53. The number of carbonyl (C=O) groups excluding carboxylic acids is 2. The number of rotatable bonds is 2. The molecule has 0 spiro atoms. The van der Waals surface area contributed by atoms with Crippen molar-refractivity contribution in [1.29, 1.82) is 0 Å². The molecule has 0 unspecified atom stereocenters. The fourth-order valence-electron chi connectivity index (χ4n) is 1.85. The number of aliphatic hydroxyl groups is 1. The lowest BCUT2D eigenvalue weighted by Gasteiger charge is -2.35. The molecular weight excluding hydrogens is 232 g/mol. The van der Waals surface area contributed by atoms with Crippen LogP contribution in [0.3, 0.4) is 0 Å². The van der Waals surface area contributed by atoms with Crippen LogP contribution in [0.2, 0.25) is 0 Å². The molecule has 5 nitrogen and oxygen atoms in total. The summed E-state index contributed by atoms with van der Waals surface area (Å²) in [6, 6.07) is 6.65. The molecule has 2 rings (SSSR count). The van der Waals surface area contributed by atoms with Gasteiger partial charge >= 0.3 is 0 Å². The summed E-state index contributed by atoms with van der Waals surface area (Å²) in [4.78, 5) is 26.8. The van der Waals surface area contributed by atoms with Crippen molar-refractivity contribution < 1.29 is 14.7 Å². The van der Waals surface area contributed by atoms with Gasteiger partial charge < -0.3 is 14.9 Å². The molecule has 0 aromatic heterocycles. The third-order valence-corrected chi connectivity index (χ3v) is 2.91. The van der Waals surface area contributed by atoms with E-state index in [-0.39, 0.29) is 11.8 Å². The first-order chi connectivity index (χ1) is 8.49. The number of β-amino-alcohol motifs (C(OH)–C–C–N with tert-alkyl or cyclic N) is 1. The minimum atomic E-state index is -0.416. The Bertz CT molecular complexity index is 479. The van der Waals surface area contributed by atoms with E-state index in [4.69, 9.17) is 0 Å². The first kappa shape index (κ1) is 12.6.